The van der Waals surface area contributed by atoms with Crippen LogP contribution in [0.3, 0.4) is 0 Å². The zero-order chi connectivity index (χ0) is 19.5. The first-order valence-corrected chi connectivity index (χ1v) is 8.86. The van der Waals surface area contributed by atoms with Gasteiger partial charge in [0, 0.05) is 6.54 Å². The molecule has 27 heavy (non-hydrogen) atoms. The SMILES string of the molecule is CC(C)(C)OC(=O)N1C[C@@H]2C[C@@H]2[C@@H]1C(=O)ON1C(=O)c2ccccc2C1=O. The minimum Gasteiger partial charge on any atom is -0.444 e. The molecule has 2 aliphatic heterocycles. The predicted molar refractivity (Wildman–Crippen MR) is 91.4 cm³/mol. The molecule has 0 radical (unpaired) electrons. The van der Waals surface area contributed by atoms with Crippen molar-refractivity contribution in [3.05, 3.63) is 35.4 Å². The van der Waals surface area contributed by atoms with E-state index >= 15 is 0 Å². The number of benzene rings is 1. The summed E-state index contributed by atoms with van der Waals surface area (Å²) in [5.74, 6) is -1.96. The van der Waals surface area contributed by atoms with E-state index in [0.29, 0.717) is 11.6 Å². The van der Waals surface area contributed by atoms with Crippen LogP contribution in [0.1, 0.15) is 47.9 Å². The molecule has 2 fully saturated rings. The fraction of sp³-hybridized carbons (Fsp3) is 0.474. The third kappa shape index (κ3) is 2.94. The lowest BCUT2D eigenvalue weighted by Gasteiger charge is -2.29. The minimum absolute atomic E-state index is 0.0276. The Balaban J connectivity index is 1.50. The van der Waals surface area contributed by atoms with Crippen molar-refractivity contribution < 1.29 is 28.8 Å². The van der Waals surface area contributed by atoms with Gasteiger partial charge in [0.2, 0.25) is 0 Å². The van der Waals surface area contributed by atoms with E-state index in [-0.39, 0.29) is 23.0 Å². The first-order chi connectivity index (χ1) is 12.7. The predicted octanol–water partition coefficient (Wildman–Crippen LogP) is 2.00. The van der Waals surface area contributed by atoms with Gasteiger partial charge in [0.1, 0.15) is 11.6 Å². The molecule has 0 aromatic heterocycles. The van der Waals surface area contributed by atoms with E-state index in [1.54, 1.807) is 32.9 Å². The smallest absolute Gasteiger partial charge is 0.411 e. The van der Waals surface area contributed by atoms with Crippen LogP contribution in [-0.2, 0) is 14.4 Å². The Kier molecular flexibility index (Phi) is 3.76. The van der Waals surface area contributed by atoms with Gasteiger partial charge < -0.3 is 9.57 Å². The van der Waals surface area contributed by atoms with Gasteiger partial charge in [-0.25, -0.2) is 9.59 Å². The summed E-state index contributed by atoms with van der Waals surface area (Å²) in [6.45, 7) is 5.64. The number of carbonyl (C=O) groups is 4. The number of likely N-dealkylation sites (tertiary alicyclic amines) is 1. The molecule has 0 spiro atoms. The lowest BCUT2D eigenvalue weighted by atomic mass is 10.1. The second-order valence-corrected chi connectivity index (χ2v) is 8.10. The van der Waals surface area contributed by atoms with Crippen molar-refractivity contribution in [2.45, 2.75) is 38.8 Å². The normalized spacial score (nSPS) is 26.0. The van der Waals surface area contributed by atoms with Gasteiger partial charge in [0.05, 0.1) is 11.1 Å². The van der Waals surface area contributed by atoms with Gasteiger partial charge in [-0.3, -0.25) is 14.5 Å². The van der Waals surface area contributed by atoms with E-state index in [1.165, 1.54) is 17.0 Å². The number of piperidine rings is 1. The Bertz CT molecular complexity index is 823. The number of fused-ring (bicyclic) bond motifs is 2. The minimum atomic E-state index is -0.853. The number of hydrogen-bond donors (Lipinski definition) is 0. The average molecular weight is 372 g/mol. The molecule has 3 amide bonds. The van der Waals surface area contributed by atoms with E-state index in [0.717, 1.165) is 6.42 Å². The topological polar surface area (TPSA) is 93.2 Å². The van der Waals surface area contributed by atoms with Crippen LogP contribution in [0.5, 0.6) is 0 Å². The number of imide groups is 1. The molecule has 1 aromatic carbocycles. The van der Waals surface area contributed by atoms with Crippen LogP contribution < -0.4 is 0 Å². The standard InChI is InChI=1S/C19H20N2O6/c1-19(2,3)26-18(25)20-9-10-8-13(10)14(20)17(24)27-21-15(22)11-6-4-5-7-12(11)16(21)23/h4-7,10,13-14H,8-9H2,1-3H3/t10-,13-,14+/m0/s1. The van der Waals surface area contributed by atoms with E-state index in [4.69, 9.17) is 9.57 Å². The maximum absolute atomic E-state index is 12.7. The number of hydrogen-bond acceptors (Lipinski definition) is 6. The van der Waals surface area contributed by atoms with Crippen LogP contribution in [0.25, 0.3) is 0 Å². The first kappa shape index (κ1) is 17.5. The van der Waals surface area contributed by atoms with E-state index in [2.05, 4.69) is 0 Å². The molecule has 0 bridgehead atoms. The number of hydroxylamine groups is 2. The molecule has 1 saturated heterocycles. The van der Waals surface area contributed by atoms with Crippen LogP contribution in [0.4, 0.5) is 4.79 Å². The summed E-state index contributed by atoms with van der Waals surface area (Å²) in [5, 5.41) is 0.482. The number of carbonyl (C=O) groups excluding carboxylic acids is 4. The Morgan fingerprint density at radius 1 is 1.07 bits per heavy atom. The molecule has 8 nitrogen and oxygen atoms in total. The number of ether oxygens (including phenoxy) is 1. The molecule has 4 rings (SSSR count). The lowest BCUT2D eigenvalue weighted by Crippen LogP contribution is -2.48. The summed E-state index contributed by atoms with van der Waals surface area (Å²) >= 11 is 0. The highest BCUT2D eigenvalue weighted by atomic mass is 16.7. The van der Waals surface area contributed by atoms with Gasteiger partial charge in [0.15, 0.2) is 0 Å². The third-order valence-electron chi connectivity index (χ3n) is 4.96. The highest BCUT2D eigenvalue weighted by Crippen LogP contribution is 2.50. The molecule has 3 atom stereocenters. The van der Waals surface area contributed by atoms with Crippen LogP contribution in [0.15, 0.2) is 24.3 Å². The molecule has 2 heterocycles. The van der Waals surface area contributed by atoms with Gasteiger partial charge in [0.25, 0.3) is 11.8 Å². The second kappa shape index (κ2) is 5.80. The lowest BCUT2D eigenvalue weighted by molar-refractivity contribution is -0.174. The molecule has 0 unspecified atom stereocenters. The molecule has 3 aliphatic rings. The zero-order valence-electron chi connectivity index (χ0n) is 15.3. The summed E-state index contributed by atoms with van der Waals surface area (Å²) < 4.78 is 5.37. The second-order valence-electron chi connectivity index (χ2n) is 8.10. The summed E-state index contributed by atoms with van der Waals surface area (Å²) in [6, 6.07) is 5.41. The Morgan fingerprint density at radius 2 is 1.67 bits per heavy atom. The molecule has 8 heteroatoms. The van der Waals surface area contributed by atoms with Gasteiger partial charge in [-0.1, -0.05) is 17.2 Å². The molecular formula is C19H20N2O6. The fourth-order valence-corrected chi connectivity index (χ4v) is 3.67. The molecular weight excluding hydrogens is 352 g/mol. The van der Waals surface area contributed by atoms with Gasteiger partial charge in [-0.05, 0) is 51.2 Å². The Morgan fingerprint density at radius 3 is 2.22 bits per heavy atom. The first-order valence-electron chi connectivity index (χ1n) is 8.86. The van der Waals surface area contributed by atoms with Gasteiger partial charge in [-0.15, -0.1) is 0 Å². The van der Waals surface area contributed by atoms with E-state index in [9.17, 15) is 19.2 Å². The van der Waals surface area contributed by atoms with Crippen molar-refractivity contribution in [2.75, 3.05) is 6.54 Å². The zero-order valence-corrected chi connectivity index (χ0v) is 15.3. The van der Waals surface area contributed by atoms with Crippen LogP contribution in [0, 0.1) is 11.8 Å². The number of nitrogens with zero attached hydrogens (tertiary/aromatic N) is 2. The van der Waals surface area contributed by atoms with Crippen LogP contribution >= 0.6 is 0 Å². The van der Waals surface area contributed by atoms with Crippen LogP contribution in [0.2, 0.25) is 0 Å². The molecule has 1 aromatic rings. The average Bonchev–Trinajstić information content (AvgIpc) is 3.19. The van der Waals surface area contributed by atoms with Crippen molar-refractivity contribution in [1.29, 1.82) is 0 Å². The summed E-state index contributed by atoms with van der Waals surface area (Å²) in [6.07, 6.45) is 0.209. The van der Waals surface area contributed by atoms with E-state index < -0.39 is 35.5 Å². The van der Waals surface area contributed by atoms with Crippen LogP contribution in [-0.4, -0.2) is 52.0 Å². The molecule has 142 valence electrons. The quantitative estimate of drug-likeness (QED) is 0.737. The highest BCUT2D eigenvalue weighted by molar-refractivity contribution is 6.20. The number of amides is 3. The van der Waals surface area contributed by atoms with Gasteiger partial charge in [-0.2, -0.15) is 0 Å². The molecule has 1 saturated carbocycles. The maximum Gasteiger partial charge on any atom is 0.411 e. The number of rotatable bonds is 2. The molecule has 0 N–H and O–H groups in total. The van der Waals surface area contributed by atoms with Crippen molar-refractivity contribution in [3.63, 3.8) is 0 Å². The van der Waals surface area contributed by atoms with Gasteiger partial charge >= 0.3 is 12.1 Å². The van der Waals surface area contributed by atoms with Crippen molar-refractivity contribution in [2.24, 2.45) is 11.8 Å². The molecule has 1 aliphatic carbocycles. The Labute approximate surface area is 156 Å². The van der Waals surface area contributed by atoms with Crippen molar-refractivity contribution in [1.82, 2.24) is 9.96 Å². The van der Waals surface area contributed by atoms with Crippen molar-refractivity contribution in [3.8, 4) is 0 Å². The fourth-order valence-electron chi connectivity index (χ4n) is 3.67. The Hall–Kier alpha value is -2.90. The maximum atomic E-state index is 12.7. The highest BCUT2D eigenvalue weighted by Gasteiger charge is 2.59. The third-order valence-corrected chi connectivity index (χ3v) is 4.96. The summed E-state index contributed by atoms with van der Waals surface area (Å²) in [5.41, 5.74) is -0.314. The monoisotopic (exact) mass is 372 g/mol. The summed E-state index contributed by atoms with van der Waals surface area (Å²) in [4.78, 5) is 56.4. The van der Waals surface area contributed by atoms with Crippen molar-refractivity contribution >= 4 is 23.9 Å². The van der Waals surface area contributed by atoms with E-state index in [1.807, 2.05) is 0 Å². The largest absolute Gasteiger partial charge is 0.444 e. The summed E-state index contributed by atoms with van der Waals surface area (Å²) in [7, 11) is 0.